The van der Waals surface area contributed by atoms with Crippen LogP contribution in [0.2, 0.25) is 0 Å². The summed E-state index contributed by atoms with van der Waals surface area (Å²) in [6.07, 6.45) is 0.588. The first-order chi connectivity index (χ1) is 7.58. The van der Waals surface area contributed by atoms with Gasteiger partial charge in [0.2, 0.25) is 0 Å². The average Bonchev–Trinajstić information content (AvgIpc) is 2.74. The van der Waals surface area contributed by atoms with Crippen molar-refractivity contribution in [1.82, 2.24) is 10.3 Å². The molecule has 1 rings (SSSR count). The summed E-state index contributed by atoms with van der Waals surface area (Å²) >= 11 is 0. The van der Waals surface area contributed by atoms with Crippen LogP contribution in [0.25, 0.3) is 0 Å². The number of carbonyl (C=O) groups is 1. The first kappa shape index (κ1) is 12.2. The molecule has 1 aromatic rings. The minimum atomic E-state index is -0.611. The van der Waals surface area contributed by atoms with E-state index in [1.54, 1.807) is 0 Å². The quantitative estimate of drug-likeness (QED) is 0.500. The fourth-order valence-corrected chi connectivity index (χ4v) is 1.16. The van der Waals surface area contributed by atoms with E-state index in [1.165, 1.54) is 12.1 Å². The molecule has 0 aromatic carbocycles. The second kappa shape index (κ2) is 5.26. The van der Waals surface area contributed by atoms with Crippen LogP contribution in [0.15, 0.2) is 12.1 Å². The highest BCUT2D eigenvalue weighted by Crippen LogP contribution is 2.09. The molecule has 88 valence electrons. The zero-order chi connectivity index (χ0) is 12.1. The van der Waals surface area contributed by atoms with Gasteiger partial charge in [0.1, 0.15) is 0 Å². The van der Waals surface area contributed by atoms with Crippen molar-refractivity contribution in [3.8, 4) is 0 Å². The normalized spacial score (nSPS) is 12.1. The van der Waals surface area contributed by atoms with Gasteiger partial charge < -0.3 is 20.5 Å². The predicted molar refractivity (Wildman–Crippen MR) is 56.1 cm³/mol. The Morgan fingerprint density at radius 1 is 1.69 bits per heavy atom. The number of hydrogen-bond acceptors (Lipinski definition) is 4. The summed E-state index contributed by atoms with van der Waals surface area (Å²) in [7, 11) is 0. The topological polar surface area (TPSA) is 108 Å². The van der Waals surface area contributed by atoms with Crippen LogP contribution in [-0.2, 0) is 0 Å². The number of aliphatic hydroxyl groups is 1. The molecule has 0 radical (unpaired) electrons. The maximum absolute atomic E-state index is 11.5. The van der Waals surface area contributed by atoms with Crippen LogP contribution < -0.4 is 5.32 Å². The van der Waals surface area contributed by atoms with Crippen molar-refractivity contribution in [2.45, 2.75) is 19.4 Å². The van der Waals surface area contributed by atoms with Crippen LogP contribution in [0.5, 0.6) is 0 Å². The van der Waals surface area contributed by atoms with E-state index in [-0.39, 0.29) is 24.2 Å². The lowest BCUT2D eigenvalue weighted by molar-refractivity contribution is -0.389. The molecule has 0 aliphatic rings. The minimum absolute atomic E-state index is 0.110. The molecule has 0 spiro atoms. The zero-order valence-corrected chi connectivity index (χ0v) is 8.77. The second-order valence-electron chi connectivity index (χ2n) is 3.28. The molecule has 16 heavy (non-hydrogen) atoms. The SMILES string of the molecule is CC[C@@H](CO)NC(=O)c1ccc([N+](=O)[O-])[nH]1. The number of H-pyrrole nitrogens is 1. The highest BCUT2D eigenvalue weighted by Gasteiger charge is 2.17. The molecule has 7 heteroatoms. The van der Waals surface area contributed by atoms with Crippen LogP contribution >= 0.6 is 0 Å². The maximum Gasteiger partial charge on any atom is 0.321 e. The molecule has 0 bridgehead atoms. The van der Waals surface area contributed by atoms with Crippen molar-refractivity contribution in [2.24, 2.45) is 0 Å². The number of nitrogens with zero attached hydrogens (tertiary/aromatic N) is 1. The molecule has 0 unspecified atom stereocenters. The lowest BCUT2D eigenvalue weighted by Gasteiger charge is -2.11. The number of aromatic amines is 1. The van der Waals surface area contributed by atoms with Crippen molar-refractivity contribution in [3.63, 3.8) is 0 Å². The Kier molecular flexibility index (Phi) is 4.01. The molecule has 0 aliphatic carbocycles. The van der Waals surface area contributed by atoms with Gasteiger partial charge in [0.05, 0.1) is 12.6 Å². The van der Waals surface area contributed by atoms with E-state index in [4.69, 9.17) is 5.11 Å². The molecule has 1 amide bonds. The van der Waals surface area contributed by atoms with Crippen LogP contribution in [0.1, 0.15) is 23.8 Å². The summed E-state index contributed by atoms with van der Waals surface area (Å²) in [5.41, 5.74) is 0.110. The maximum atomic E-state index is 11.5. The van der Waals surface area contributed by atoms with Crippen molar-refractivity contribution < 1.29 is 14.8 Å². The van der Waals surface area contributed by atoms with Gasteiger partial charge in [-0.1, -0.05) is 6.92 Å². The molecular formula is C9H13N3O4. The molecule has 7 nitrogen and oxygen atoms in total. The molecule has 0 aliphatic heterocycles. The number of amides is 1. The third-order valence-electron chi connectivity index (χ3n) is 2.16. The van der Waals surface area contributed by atoms with E-state index in [0.717, 1.165) is 0 Å². The van der Waals surface area contributed by atoms with Crippen LogP contribution in [0.3, 0.4) is 0 Å². The van der Waals surface area contributed by atoms with Gasteiger partial charge in [0, 0.05) is 6.07 Å². The summed E-state index contributed by atoms with van der Waals surface area (Å²) in [4.78, 5) is 23.7. The van der Waals surface area contributed by atoms with Gasteiger partial charge in [-0.05, 0) is 17.4 Å². The summed E-state index contributed by atoms with van der Waals surface area (Å²) in [5.74, 6) is -0.698. The van der Waals surface area contributed by atoms with E-state index >= 15 is 0 Å². The van der Waals surface area contributed by atoms with E-state index in [9.17, 15) is 14.9 Å². The molecule has 3 N–H and O–H groups in total. The highest BCUT2D eigenvalue weighted by atomic mass is 16.6. The lowest BCUT2D eigenvalue weighted by Crippen LogP contribution is -2.37. The summed E-state index contributed by atoms with van der Waals surface area (Å²) in [5, 5.41) is 21.8. The minimum Gasteiger partial charge on any atom is -0.394 e. The number of carbonyl (C=O) groups excluding carboxylic acids is 1. The monoisotopic (exact) mass is 227 g/mol. The third kappa shape index (κ3) is 2.80. The van der Waals surface area contributed by atoms with Crippen LogP contribution in [0, 0.1) is 10.1 Å². The standard InChI is InChI=1S/C9H13N3O4/c1-2-6(5-13)10-9(14)7-3-4-8(11-7)12(15)16/h3-4,6,11,13H,2,5H2,1H3,(H,10,14)/t6-/m0/s1. The van der Waals surface area contributed by atoms with Gasteiger partial charge in [-0.3, -0.25) is 4.79 Å². The zero-order valence-electron chi connectivity index (χ0n) is 8.77. The van der Waals surface area contributed by atoms with Gasteiger partial charge in [0.15, 0.2) is 5.69 Å². The summed E-state index contributed by atoms with van der Waals surface area (Å²) in [6.45, 7) is 1.66. The number of nitrogens with one attached hydrogen (secondary N) is 2. The Labute approximate surface area is 91.6 Å². The van der Waals surface area contributed by atoms with Crippen molar-refractivity contribution >= 4 is 11.7 Å². The Morgan fingerprint density at radius 2 is 2.38 bits per heavy atom. The second-order valence-corrected chi connectivity index (χ2v) is 3.28. The molecule has 1 heterocycles. The average molecular weight is 227 g/mol. The van der Waals surface area contributed by atoms with Crippen LogP contribution in [-0.4, -0.2) is 33.6 Å². The Balaban J connectivity index is 2.69. The fraction of sp³-hybridized carbons (Fsp3) is 0.444. The molecule has 1 aromatic heterocycles. The number of rotatable bonds is 5. The molecule has 0 fully saturated rings. The van der Waals surface area contributed by atoms with Gasteiger partial charge >= 0.3 is 5.82 Å². The van der Waals surface area contributed by atoms with E-state index in [0.29, 0.717) is 6.42 Å². The molecular weight excluding hydrogens is 214 g/mol. The van der Waals surface area contributed by atoms with E-state index in [2.05, 4.69) is 10.3 Å². The van der Waals surface area contributed by atoms with E-state index < -0.39 is 10.8 Å². The van der Waals surface area contributed by atoms with Crippen molar-refractivity contribution in [1.29, 1.82) is 0 Å². The summed E-state index contributed by atoms with van der Waals surface area (Å²) in [6, 6.07) is 2.21. The first-order valence-electron chi connectivity index (χ1n) is 4.83. The highest BCUT2D eigenvalue weighted by molar-refractivity contribution is 5.93. The van der Waals surface area contributed by atoms with Gasteiger partial charge in [0.25, 0.3) is 5.91 Å². The number of aromatic nitrogens is 1. The smallest absolute Gasteiger partial charge is 0.321 e. The molecule has 1 atom stereocenters. The van der Waals surface area contributed by atoms with Crippen molar-refractivity contribution in [3.05, 3.63) is 27.9 Å². The molecule has 0 saturated heterocycles. The largest absolute Gasteiger partial charge is 0.394 e. The molecule has 0 saturated carbocycles. The van der Waals surface area contributed by atoms with Gasteiger partial charge in [-0.2, -0.15) is 0 Å². The number of aliphatic hydroxyl groups excluding tert-OH is 1. The van der Waals surface area contributed by atoms with Gasteiger partial charge in [-0.25, -0.2) is 4.98 Å². The lowest BCUT2D eigenvalue weighted by atomic mass is 10.2. The number of hydrogen-bond donors (Lipinski definition) is 3. The Hall–Kier alpha value is -1.89. The fourth-order valence-electron chi connectivity index (χ4n) is 1.16. The summed E-state index contributed by atoms with van der Waals surface area (Å²) < 4.78 is 0. The van der Waals surface area contributed by atoms with E-state index in [1.807, 2.05) is 6.92 Å². The third-order valence-corrected chi connectivity index (χ3v) is 2.16. The van der Waals surface area contributed by atoms with Gasteiger partial charge in [-0.15, -0.1) is 0 Å². The Morgan fingerprint density at radius 3 is 2.81 bits per heavy atom. The first-order valence-corrected chi connectivity index (χ1v) is 4.83. The number of nitro groups is 1. The Bertz CT molecular complexity index is 384. The van der Waals surface area contributed by atoms with Crippen molar-refractivity contribution in [2.75, 3.05) is 6.61 Å². The van der Waals surface area contributed by atoms with Crippen LogP contribution in [0.4, 0.5) is 5.82 Å². The predicted octanol–water partition coefficient (Wildman–Crippen LogP) is 0.424.